The molecule has 5 heteroatoms. The van der Waals surface area contributed by atoms with Gasteiger partial charge in [0, 0.05) is 5.69 Å². The molecule has 1 aromatic carbocycles. The second-order valence-electron chi connectivity index (χ2n) is 5.35. The molecule has 0 bridgehead atoms. The average molecular weight is 278 g/mol. The van der Waals surface area contributed by atoms with E-state index in [-0.39, 0.29) is 12.1 Å². The highest BCUT2D eigenvalue weighted by Crippen LogP contribution is 2.26. The molecule has 0 heterocycles. The highest BCUT2D eigenvalue weighted by Gasteiger charge is 2.28. The van der Waals surface area contributed by atoms with Gasteiger partial charge in [-0.2, -0.15) is 0 Å². The predicted molar refractivity (Wildman–Crippen MR) is 78.0 cm³/mol. The van der Waals surface area contributed by atoms with Gasteiger partial charge in [0.05, 0.1) is 12.6 Å². The van der Waals surface area contributed by atoms with Gasteiger partial charge in [-0.05, 0) is 37.1 Å². The number of hydrogen-bond donors (Lipinski definition) is 2. The van der Waals surface area contributed by atoms with Crippen LogP contribution in [0.25, 0.3) is 0 Å². The highest BCUT2D eigenvalue weighted by molar-refractivity contribution is 5.84. The molecule has 1 aliphatic rings. The summed E-state index contributed by atoms with van der Waals surface area (Å²) in [6.07, 6.45) is 4.81. The molecular formula is C15H22N2O3. The van der Waals surface area contributed by atoms with Crippen LogP contribution in [0.2, 0.25) is 0 Å². The van der Waals surface area contributed by atoms with Crippen LogP contribution in [-0.2, 0) is 4.74 Å². The third-order valence-corrected chi connectivity index (χ3v) is 3.68. The van der Waals surface area contributed by atoms with Gasteiger partial charge in [0.15, 0.2) is 0 Å². The molecule has 110 valence electrons. The van der Waals surface area contributed by atoms with Crippen LogP contribution in [0.15, 0.2) is 24.3 Å². The standard InChI is InChI=1S/C15H22N2O3/c1-19-13-7-5-12(6-8-13)17-14(18)20-11-15(16)9-3-2-4-10-15/h5-8H,2-4,9-11,16H2,1H3,(H,17,18). The topological polar surface area (TPSA) is 73.6 Å². The van der Waals surface area contributed by atoms with Crippen LogP contribution in [-0.4, -0.2) is 25.3 Å². The van der Waals surface area contributed by atoms with Crippen LogP contribution in [0.1, 0.15) is 32.1 Å². The van der Waals surface area contributed by atoms with E-state index in [2.05, 4.69) is 5.32 Å². The van der Waals surface area contributed by atoms with Gasteiger partial charge in [-0.1, -0.05) is 19.3 Å². The quantitative estimate of drug-likeness (QED) is 0.888. The normalized spacial score (nSPS) is 17.3. The Labute approximate surface area is 119 Å². The van der Waals surface area contributed by atoms with Gasteiger partial charge in [-0.25, -0.2) is 4.79 Å². The first-order valence-electron chi connectivity index (χ1n) is 6.98. The predicted octanol–water partition coefficient (Wildman–Crippen LogP) is 2.91. The molecule has 0 spiro atoms. The first kappa shape index (κ1) is 14.7. The molecule has 0 saturated heterocycles. The van der Waals surface area contributed by atoms with E-state index in [1.807, 2.05) is 0 Å². The Bertz CT molecular complexity index is 439. The number of methoxy groups -OCH3 is 1. The molecule has 5 nitrogen and oxygen atoms in total. The lowest BCUT2D eigenvalue weighted by molar-refractivity contribution is 0.112. The first-order valence-corrected chi connectivity index (χ1v) is 6.98. The SMILES string of the molecule is COc1ccc(NC(=O)OCC2(N)CCCCC2)cc1. The molecule has 20 heavy (non-hydrogen) atoms. The Hall–Kier alpha value is -1.75. The molecule has 0 aromatic heterocycles. The molecule has 1 saturated carbocycles. The smallest absolute Gasteiger partial charge is 0.411 e. The van der Waals surface area contributed by atoms with Crippen LogP contribution in [0.5, 0.6) is 5.75 Å². The number of nitrogens with two attached hydrogens (primary N) is 1. The average Bonchev–Trinajstić information content (AvgIpc) is 2.47. The zero-order valence-electron chi connectivity index (χ0n) is 11.9. The molecule has 1 aliphatic carbocycles. The second-order valence-corrected chi connectivity index (χ2v) is 5.35. The van der Waals surface area contributed by atoms with Gasteiger partial charge in [-0.3, -0.25) is 5.32 Å². The molecule has 2 rings (SSSR count). The van der Waals surface area contributed by atoms with Crippen molar-refractivity contribution in [3.05, 3.63) is 24.3 Å². The van der Waals surface area contributed by atoms with Gasteiger partial charge >= 0.3 is 6.09 Å². The maximum absolute atomic E-state index is 11.7. The largest absolute Gasteiger partial charge is 0.497 e. The van der Waals surface area contributed by atoms with E-state index in [4.69, 9.17) is 15.2 Å². The number of ether oxygens (including phenoxy) is 2. The zero-order valence-corrected chi connectivity index (χ0v) is 11.9. The molecule has 1 aromatic rings. The summed E-state index contributed by atoms with van der Waals surface area (Å²) in [5.41, 5.74) is 6.54. The number of rotatable bonds is 4. The molecule has 0 radical (unpaired) electrons. The van der Waals surface area contributed by atoms with Crippen LogP contribution in [0, 0.1) is 0 Å². The molecule has 0 atom stereocenters. The fraction of sp³-hybridized carbons (Fsp3) is 0.533. The minimum Gasteiger partial charge on any atom is -0.497 e. The minimum absolute atomic E-state index is 0.273. The Balaban J connectivity index is 1.79. The van der Waals surface area contributed by atoms with Crippen molar-refractivity contribution in [2.24, 2.45) is 5.73 Å². The lowest BCUT2D eigenvalue weighted by Gasteiger charge is -2.32. The lowest BCUT2D eigenvalue weighted by Crippen LogP contribution is -2.46. The van der Waals surface area contributed by atoms with Gasteiger partial charge < -0.3 is 15.2 Å². The van der Waals surface area contributed by atoms with Gasteiger partial charge in [0.25, 0.3) is 0 Å². The van der Waals surface area contributed by atoms with Crippen LogP contribution < -0.4 is 15.8 Å². The summed E-state index contributed by atoms with van der Waals surface area (Å²) < 4.78 is 10.3. The number of carbonyl (C=O) groups is 1. The lowest BCUT2D eigenvalue weighted by atomic mass is 9.83. The fourth-order valence-electron chi connectivity index (χ4n) is 2.44. The Kier molecular flexibility index (Phi) is 4.84. The zero-order chi connectivity index (χ0) is 14.4. The van der Waals surface area contributed by atoms with E-state index >= 15 is 0 Å². The number of anilines is 1. The summed E-state index contributed by atoms with van der Waals surface area (Å²) in [5.74, 6) is 0.743. The molecular weight excluding hydrogens is 256 g/mol. The maximum atomic E-state index is 11.7. The second kappa shape index (κ2) is 6.61. The minimum atomic E-state index is -0.467. The van der Waals surface area contributed by atoms with Crippen molar-refractivity contribution in [3.8, 4) is 5.75 Å². The summed E-state index contributed by atoms with van der Waals surface area (Å²) in [7, 11) is 1.60. The molecule has 1 fully saturated rings. The van der Waals surface area contributed by atoms with E-state index in [0.29, 0.717) is 5.69 Å². The van der Waals surface area contributed by atoms with E-state index in [9.17, 15) is 4.79 Å². The number of hydrogen-bond acceptors (Lipinski definition) is 4. The van der Waals surface area contributed by atoms with Gasteiger partial charge in [0.2, 0.25) is 0 Å². The van der Waals surface area contributed by atoms with E-state index in [1.165, 1.54) is 6.42 Å². The number of nitrogens with one attached hydrogen (secondary N) is 1. The Morgan fingerprint density at radius 1 is 1.25 bits per heavy atom. The van der Waals surface area contributed by atoms with Crippen molar-refractivity contribution in [3.63, 3.8) is 0 Å². The Morgan fingerprint density at radius 2 is 1.90 bits per heavy atom. The first-order chi connectivity index (χ1) is 9.61. The fourth-order valence-corrected chi connectivity index (χ4v) is 2.44. The third kappa shape index (κ3) is 4.13. The number of carbonyl (C=O) groups excluding carboxylic acids is 1. The van der Waals surface area contributed by atoms with Gasteiger partial charge in [0.1, 0.15) is 12.4 Å². The van der Waals surface area contributed by atoms with Crippen molar-refractivity contribution in [1.29, 1.82) is 0 Å². The van der Waals surface area contributed by atoms with Crippen molar-refractivity contribution in [1.82, 2.24) is 0 Å². The summed E-state index contributed by atoms with van der Waals surface area (Å²) >= 11 is 0. The number of benzene rings is 1. The van der Waals surface area contributed by atoms with Crippen LogP contribution >= 0.6 is 0 Å². The van der Waals surface area contributed by atoms with E-state index in [0.717, 1.165) is 31.4 Å². The third-order valence-electron chi connectivity index (χ3n) is 3.68. The van der Waals surface area contributed by atoms with Crippen LogP contribution in [0.4, 0.5) is 10.5 Å². The maximum Gasteiger partial charge on any atom is 0.411 e. The molecule has 0 unspecified atom stereocenters. The number of amides is 1. The van der Waals surface area contributed by atoms with E-state index < -0.39 is 6.09 Å². The van der Waals surface area contributed by atoms with Crippen molar-refractivity contribution in [2.75, 3.05) is 19.0 Å². The van der Waals surface area contributed by atoms with Crippen LogP contribution in [0.3, 0.4) is 0 Å². The monoisotopic (exact) mass is 278 g/mol. The highest BCUT2D eigenvalue weighted by atomic mass is 16.5. The molecule has 3 N–H and O–H groups in total. The van der Waals surface area contributed by atoms with Gasteiger partial charge in [-0.15, -0.1) is 0 Å². The summed E-state index contributed by atoms with van der Waals surface area (Å²) in [6.45, 7) is 0.273. The Morgan fingerprint density at radius 3 is 2.50 bits per heavy atom. The van der Waals surface area contributed by atoms with Crippen molar-refractivity contribution < 1.29 is 14.3 Å². The van der Waals surface area contributed by atoms with Crippen molar-refractivity contribution in [2.45, 2.75) is 37.6 Å². The summed E-state index contributed by atoms with van der Waals surface area (Å²) in [6, 6.07) is 7.08. The van der Waals surface area contributed by atoms with E-state index in [1.54, 1.807) is 31.4 Å². The summed E-state index contributed by atoms with van der Waals surface area (Å²) in [4.78, 5) is 11.7. The van der Waals surface area contributed by atoms with Crippen molar-refractivity contribution >= 4 is 11.8 Å². The molecule has 1 amide bonds. The molecule has 0 aliphatic heterocycles. The summed E-state index contributed by atoms with van der Waals surface area (Å²) in [5, 5.41) is 2.68.